The number of carbonyl (C=O) groups is 1. The van der Waals surface area contributed by atoms with E-state index in [9.17, 15) is 4.79 Å². The molecule has 0 unspecified atom stereocenters. The molecule has 2 aliphatic rings. The Balaban J connectivity index is 1.45. The van der Waals surface area contributed by atoms with Gasteiger partial charge in [-0.1, -0.05) is 26.0 Å². The van der Waals surface area contributed by atoms with Crippen molar-refractivity contribution in [2.75, 3.05) is 44.3 Å². The van der Waals surface area contributed by atoms with Gasteiger partial charge in [0.15, 0.2) is 5.82 Å². The molecule has 2 fully saturated rings. The van der Waals surface area contributed by atoms with E-state index >= 15 is 0 Å². The predicted molar refractivity (Wildman–Crippen MR) is 136 cm³/mol. The summed E-state index contributed by atoms with van der Waals surface area (Å²) in [5, 5.41) is 9.13. The summed E-state index contributed by atoms with van der Waals surface area (Å²) >= 11 is 0. The highest BCUT2D eigenvalue weighted by Crippen LogP contribution is 2.30. The number of aromatic nitrogens is 5. The van der Waals surface area contributed by atoms with Gasteiger partial charge in [-0.3, -0.25) is 4.57 Å². The van der Waals surface area contributed by atoms with Crippen molar-refractivity contribution in [3.8, 4) is 5.95 Å². The smallest absolute Gasteiger partial charge is 0.407 e. The molecule has 3 aromatic heterocycles. The van der Waals surface area contributed by atoms with E-state index in [1.54, 1.807) is 0 Å². The predicted octanol–water partition coefficient (Wildman–Crippen LogP) is 3.48. The van der Waals surface area contributed by atoms with Gasteiger partial charge in [0, 0.05) is 37.8 Å². The number of carboxylic acid groups (broad SMARTS) is 1. The summed E-state index contributed by atoms with van der Waals surface area (Å²) in [6.07, 6.45) is -0.130. The van der Waals surface area contributed by atoms with Crippen LogP contribution in [0.5, 0.6) is 0 Å². The van der Waals surface area contributed by atoms with Crippen LogP contribution in [0.15, 0.2) is 36.4 Å². The zero-order valence-corrected chi connectivity index (χ0v) is 20.5. The molecule has 0 radical (unpaired) electrons. The summed E-state index contributed by atoms with van der Waals surface area (Å²) in [6.45, 7) is 8.09. The Bertz CT molecular complexity index is 1440. The lowest BCUT2D eigenvalue weighted by Gasteiger charge is -2.37. The SMILES string of the molecule is CC(C)c1nc2ccccc2n1-c1nc(N2CCOCC2)c2nc(CC3CN(C(=O)O)C3)ccc2n1. The second kappa shape index (κ2) is 9.02. The zero-order chi connectivity index (χ0) is 24.8. The van der Waals surface area contributed by atoms with Crippen LogP contribution < -0.4 is 4.90 Å². The first-order chi connectivity index (χ1) is 17.5. The Hall–Kier alpha value is -3.79. The van der Waals surface area contributed by atoms with Crippen LogP contribution in [0.2, 0.25) is 0 Å². The van der Waals surface area contributed by atoms with Gasteiger partial charge in [-0.15, -0.1) is 0 Å². The van der Waals surface area contributed by atoms with Crippen LogP contribution in [-0.4, -0.2) is 80.0 Å². The lowest BCUT2D eigenvalue weighted by atomic mass is 9.95. The highest BCUT2D eigenvalue weighted by Gasteiger charge is 2.31. The van der Waals surface area contributed by atoms with Crippen molar-refractivity contribution >= 4 is 34.0 Å². The Morgan fingerprint density at radius 3 is 2.56 bits per heavy atom. The number of likely N-dealkylation sites (tertiary alicyclic amines) is 1. The lowest BCUT2D eigenvalue weighted by Crippen LogP contribution is -2.50. The Kier molecular flexibility index (Phi) is 5.67. The summed E-state index contributed by atoms with van der Waals surface area (Å²) in [7, 11) is 0. The minimum atomic E-state index is -0.860. The van der Waals surface area contributed by atoms with Crippen LogP contribution in [0.1, 0.15) is 31.3 Å². The van der Waals surface area contributed by atoms with Crippen molar-refractivity contribution in [3.05, 3.63) is 47.9 Å². The van der Waals surface area contributed by atoms with Crippen molar-refractivity contribution in [1.82, 2.24) is 29.4 Å². The van der Waals surface area contributed by atoms with E-state index in [-0.39, 0.29) is 11.8 Å². The summed E-state index contributed by atoms with van der Waals surface area (Å²) < 4.78 is 7.66. The Morgan fingerprint density at radius 2 is 1.81 bits per heavy atom. The molecule has 0 aliphatic carbocycles. The van der Waals surface area contributed by atoms with Gasteiger partial charge >= 0.3 is 6.09 Å². The number of amides is 1. The van der Waals surface area contributed by atoms with Crippen molar-refractivity contribution in [2.24, 2.45) is 5.92 Å². The molecule has 4 aromatic rings. The van der Waals surface area contributed by atoms with Crippen LogP contribution in [0.3, 0.4) is 0 Å². The van der Waals surface area contributed by atoms with E-state index in [4.69, 9.17) is 29.8 Å². The van der Waals surface area contributed by atoms with Gasteiger partial charge < -0.3 is 19.6 Å². The van der Waals surface area contributed by atoms with E-state index in [0.717, 1.165) is 58.9 Å². The number of benzene rings is 1. The third-order valence-corrected chi connectivity index (χ3v) is 6.91. The molecular formula is C26H29N7O3. The zero-order valence-electron chi connectivity index (χ0n) is 20.5. The van der Waals surface area contributed by atoms with E-state index < -0.39 is 6.09 Å². The number of hydrogen-bond donors (Lipinski definition) is 1. The van der Waals surface area contributed by atoms with Crippen LogP contribution in [0.25, 0.3) is 28.0 Å². The molecule has 10 nitrogen and oxygen atoms in total. The largest absolute Gasteiger partial charge is 0.465 e. The lowest BCUT2D eigenvalue weighted by molar-refractivity contribution is 0.0815. The number of ether oxygens (including phenoxy) is 1. The van der Waals surface area contributed by atoms with Crippen LogP contribution >= 0.6 is 0 Å². The average molecular weight is 488 g/mol. The summed E-state index contributed by atoms with van der Waals surface area (Å²) in [5.41, 5.74) is 4.37. The van der Waals surface area contributed by atoms with E-state index in [1.165, 1.54) is 4.90 Å². The fourth-order valence-electron chi connectivity index (χ4n) is 5.03. The van der Waals surface area contributed by atoms with Gasteiger partial charge in [0.05, 0.1) is 29.8 Å². The number of anilines is 1. The molecule has 0 bridgehead atoms. The average Bonchev–Trinajstić information content (AvgIpc) is 3.26. The quantitative estimate of drug-likeness (QED) is 0.456. The van der Waals surface area contributed by atoms with Gasteiger partial charge in [-0.2, -0.15) is 4.98 Å². The maximum absolute atomic E-state index is 11.1. The normalized spacial score (nSPS) is 16.8. The topological polar surface area (TPSA) is 110 Å². The first-order valence-electron chi connectivity index (χ1n) is 12.4. The molecule has 0 spiro atoms. The molecule has 2 aliphatic heterocycles. The maximum Gasteiger partial charge on any atom is 0.407 e. The minimum Gasteiger partial charge on any atom is -0.465 e. The third kappa shape index (κ3) is 4.01. The molecule has 10 heteroatoms. The van der Waals surface area contributed by atoms with E-state index in [0.29, 0.717) is 32.3 Å². The maximum atomic E-state index is 11.1. The number of imidazole rings is 1. The van der Waals surface area contributed by atoms with Crippen LogP contribution in [0, 0.1) is 5.92 Å². The summed E-state index contributed by atoms with van der Waals surface area (Å²) in [5.74, 6) is 2.78. The first-order valence-corrected chi connectivity index (χ1v) is 12.4. The van der Waals surface area contributed by atoms with Gasteiger partial charge in [-0.25, -0.2) is 19.7 Å². The number of pyridine rings is 1. The fourth-order valence-corrected chi connectivity index (χ4v) is 5.03. The van der Waals surface area contributed by atoms with Gasteiger partial charge in [-0.05, 0) is 36.6 Å². The van der Waals surface area contributed by atoms with Crippen molar-refractivity contribution in [3.63, 3.8) is 0 Å². The van der Waals surface area contributed by atoms with Gasteiger partial charge in [0.1, 0.15) is 11.3 Å². The molecule has 186 valence electrons. The molecule has 5 heterocycles. The summed E-state index contributed by atoms with van der Waals surface area (Å²) in [4.78, 5) is 34.7. The molecule has 1 aromatic carbocycles. The van der Waals surface area contributed by atoms with E-state index in [2.05, 4.69) is 29.4 Å². The van der Waals surface area contributed by atoms with E-state index in [1.807, 2.05) is 30.3 Å². The van der Waals surface area contributed by atoms with Crippen LogP contribution in [0.4, 0.5) is 10.6 Å². The second-order valence-electron chi connectivity index (χ2n) is 9.82. The molecule has 36 heavy (non-hydrogen) atoms. The van der Waals surface area contributed by atoms with Gasteiger partial charge in [0.2, 0.25) is 5.95 Å². The van der Waals surface area contributed by atoms with Crippen molar-refractivity contribution in [1.29, 1.82) is 0 Å². The molecule has 1 N–H and O–H groups in total. The fraction of sp³-hybridized carbons (Fsp3) is 0.423. The highest BCUT2D eigenvalue weighted by molar-refractivity contribution is 5.87. The molecule has 6 rings (SSSR count). The Morgan fingerprint density at radius 1 is 1.03 bits per heavy atom. The molecule has 0 atom stereocenters. The summed E-state index contributed by atoms with van der Waals surface area (Å²) in [6, 6.07) is 12.1. The monoisotopic (exact) mass is 487 g/mol. The standard InChI is InChI=1S/C26H29N7O3/c1-16(2)23-28-19-5-3-4-6-21(19)33(23)25-29-20-8-7-18(13-17-14-32(15-17)26(34)35)27-22(20)24(30-25)31-9-11-36-12-10-31/h3-8,16-17H,9-15H2,1-2H3,(H,34,35). The number of hydrogen-bond acceptors (Lipinski definition) is 7. The van der Waals surface area contributed by atoms with Gasteiger partial charge in [0.25, 0.3) is 0 Å². The van der Waals surface area contributed by atoms with Crippen molar-refractivity contribution < 1.29 is 14.6 Å². The number of morpholine rings is 1. The number of nitrogens with zero attached hydrogens (tertiary/aromatic N) is 7. The molecule has 0 saturated carbocycles. The molecule has 2 saturated heterocycles. The Labute approximate surface area is 208 Å². The number of rotatable bonds is 5. The van der Waals surface area contributed by atoms with Crippen LogP contribution in [-0.2, 0) is 11.2 Å². The number of para-hydroxylation sites is 2. The highest BCUT2D eigenvalue weighted by atomic mass is 16.5. The number of fused-ring (bicyclic) bond motifs is 2. The minimum absolute atomic E-state index is 0.192. The third-order valence-electron chi connectivity index (χ3n) is 6.91. The van der Waals surface area contributed by atoms with Crippen molar-refractivity contribution in [2.45, 2.75) is 26.2 Å². The second-order valence-corrected chi connectivity index (χ2v) is 9.82. The molecule has 1 amide bonds. The molecular weight excluding hydrogens is 458 g/mol. The first kappa shape index (κ1) is 22.7.